The molecule has 5 nitrogen and oxygen atoms in total. The minimum atomic E-state index is -4.09. The number of anilines is 1. The summed E-state index contributed by atoms with van der Waals surface area (Å²) in [5.74, 6) is -0.843. The van der Waals surface area contributed by atoms with Crippen LogP contribution in [0.1, 0.15) is 12.5 Å². The summed E-state index contributed by atoms with van der Waals surface area (Å²) in [6.07, 6.45) is 1.51. The first-order valence-electron chi connectivity index (χ1n) is 8.78. The van der Waals surface area contributed by atoms with Crippen LogP contribution < -0.4 is 4.90 Å². The monoisotopic (exact) mass is 546 g/mol. The number of aliphatic imine (C=N–C) groups is 1. The van der Waals surface area contributed by atoms with Crippen LogP contribution >= 0.6 is 49.8 Å². The summed E-state index contributed by atoms with van der Waals surface area (Å²) in [5, 5.41) is 0.695. The fourth-order valence-corrected chi connectivity index (χ4v) is 5.99. The van der Waals surface area contributed by atoms with E-state index >= 15 is 0 Å². The normalized spacial score (nSPS) is 23.4. The molecule has 0 bridgehead atoms. The van der Waals surface area contributed by atoms with Crippen molar-refractivity contribution < 1.29 is 13.2 Å². The van der Waals surface area contributed by atoms with Crippen molar-refractivity contribution in [2.75, 3.05) is 4.90 Å². The van der Waals surface area contributed by atoms with E-state index in [4.69, 9.17) is 33.9 Å². The van der Waals surface area contributed by atoms with Gasteiger partial charge in [0, 0.05) is 31.4 Å². The summed E-state index contributed by atoms with van der Waals surface area (Å²) in [5.41, 5.74) is 0.158. The van der Waals surface area contributed by atoms with Crippen LogP contribution in [0, 0.1) is 11.3 Å². The molecule has 0 N–H and O–H groups in total. The number of carbonyl (C=O) groups is 1. The Morgan fingerprint density at radius 3 is 2.30 bits per heavy atom. The molecule has 1 amide bonds. The summed E-state index contributed by atoms with van der Waals surface area (Å²) in [7, 11) is 1.61. The second-order valence-electron chi connectivity index (χ2n) is 7.38. The molecule has 0 saturated carbocycles. The fraction of sp³-hybridized carbons (Fsp3) is 0.200. The lowest BCUT2D eigenvalue weighted by Gasteiger charge is -2.27. The van der Waals surface area contributed by atoms with Gasteiger partial charge in [-0.15, -0.1) is 0 Å². The van der Waals surface area contributed by atoms with E-state index in [1.54, 1.807) is 25.1 Å². The molecule has 1 saturated heterocycles. The Labute approximate surface area is 196 Å². The molecule has 2 aliphatic heterocycles. The number of fused-ring (bicyclic) bond motifs is 1. The molecule has 0 aromatic heterocycles. The number of halogens is 4. The Kier molecular flexibility index (Phi) is 5.56. The van der Waals surface area contributed by atoms with Crippen molar-refractivity contribution in [3.8, 4) is 0 Å². The SMILES string of the molecule is C[C@@]1(Cc2ccc(Br)cc2)C(=O)N(c2cc(Cl)cc(Cl)c2)C2=NC=C(S(=O)(=O)Cl)C21. The molecule has 0 radical (unpaired) electrons. The Morgan fingerprint density at radius 1 is 1.13 bits per heavy atom. The number of amidine groups is 1. The molecule has 1 fully saturated rings. The van der Waals surface area contributed by atoms with Crippen LogP contribution in [0.4, 0.5) is 5.69 Å². The Morgan fingerprint density at radius 2 is 1.73 bits per heavy atom. The van der Waals surface area contributed by atoms with Gasteiger partial charge in [-0.25, -0.2) is 13.4 Å². The van der Waals surface area contributed by atoms with Gasteiger partial charge in [0.05, 0.1) is 21.9 Å². The minimum absolute atomic E-state index is 0.0947. The molecule has 2 aromatic rings. The lowest BCUT2D eigenvalue weighted by atomic mass is 9.74. The average molecular weight is 549 g/mol. The highest BCUT2D eigenvalue weighted by molar-refractivity contribution is 9.10. The van der Waals surface area contributed by atoms with Gasteiger partial charge in [-0.2, -0.15) is 0 Å². The molecular weight excluding hydrogens is 535 g/mol. The molecule has 2 heterocycles. The maximum atomic E-state index is 13.7. The third kappa shape index (κ3) is 3.71. The standard InChI is InChI=1S/C20H14BrCl3N2O3S/c1-20(9-11-2-4-12(21)5-3-11)17-16(30(24,28)29)10-25-18(17)26(19(20)27)15-7-13(22)6-14(23)8-15/h2-8,10,17H,9H2,1H3/t17?,20-/m0/s1. The lowest BCUT2D eigenvalue weighted by molar-refractivity contribution is -0.125. The van der Waals surface area contributed by atoms with E-state index in [2.05, 4.69) is 20.9 Å². The predicted octanol–water partition coefficient (Wildman–Crippen LogP) is 5.79. The van der Waals surface area contributed by atoms with Crippen LogP contribution in [0.15, 0.2) is 63.0 Å². The molecule has 1 unspecified atom stereocenters. The second kappa shape index (κ2) is 7.64. The smallest absolute Gasteiger partial charge is 0.259 e. The predicted molar refractivity (Wildman–Crippen MR) is 124 cm³/mol. The summed E-state index contributed by atoms with van der Waals surface area (Å²) >= 11 is 15.7. The van der Waals surface area contributed by atoms with E-state index in [1.165, 1.54) is 11.1 Å². The van der Waals surface area contributed by atoms with Crippen molar-refractivity contribution in [2.24, 2.45) is 16.3 Å². The van der Waals surface area contributed by atoms with Crippen LogP contribution in [0.25, 0.3) is 0 Å². The first-order valence-corrected chi connectivity index (χ1v) is 12.6. The second-order valence-corrected chi connectivity index (χ2v) is 11.7. The summed E-state index contributed by atoms with van der Waals surface area (Å²) in [6, 6.07) is 12.2. The number of hydrogen-bond donors (Lipinski definition) is 0. The molecule has 156 valence electrons. The Hall–Kier alpha value is -1.38. The van der Waals surface area contributed by atoms with E-state index in [0.29, 0.717) is 15.7 Å². The van der Waals surface area contributed by atoms with Crippen molar-refractivity contribution in [3.63, 3.8) is 0 Å². The Balaban J connectivity index is 1.85. The molecule has 0 aliphatic carbocycles. The quantitative estimate of drug-likeness (QED) is 0.455. The maximum absolute atomic E-state index is 13.7. The van der Waals surface area contributed by atoms with Crippen molar-refractivity contribution in [2.45, 2.75) is 13.3 Å². The van der Waals surface area contributed by atoms with Crippen LogP contribution in [0.5, 0.6) is 0 Å². The fourth-order valence-electron chi connectivity index (χ4n) is 4.00. The van der Waals surface area contributed by atoms with Crippen molar-refractivity contribution in [1.29, 1.82) is 0 Å². The highest BCUT2D eigenvalue weighted by Crippen LogP contribution is 2.51. The molecule has 2 aliphatic rings. The van der Waals surface area contributed by atoms with Gasteiger partial charge in [-0.3, -0.25) is 9.69 Å². The van der Waals surface area contributed by atoms with Gasteiger partial charge < -0.3 is 0 Å². The van der Waals surface area contributed by atoms with Crippen LogP contribution in [0.3, 0.4) is 0 Å². The molecule has 2 atom stereocenters. The molecule has 2 aromatic carbocycles. The number of amides is 1. The average Bonchev–Trinajstić information content (AvgIpc) is 3.16. The topological polar surface area (TPSA) is 66.8 Å². The summed E-state index contributed by atoms with van der Waals surface area (Å²) in [6.45, 7) is 1.73. The number of nitrogens with zero attached hydrogens (tertiary/aromatic N) is 2. The van der Waals surface area contributed by atoms with E-state index in [9.17, 15) is 13.2 Å². The third-order valence-electron chi connectivity index (χ3n) is 5.30. The Bertz CT molecular complexity index is 1210. The molecule has 10 heteroatoms. The van der Waals surface area contributed by atoms with Crippen molar-refractivity contribution in [1.82, 2.24) is 0 Å². The zero-order chi connectivity index (χ0) is 21.8. The molecule has 0 spiro atoms. The summed E-state index contributed by atoms with van der Waals surface area (Å²) in [4.78, 5) is 19.2. The van der Waals surface area contributed by atoms with Gasteiger partial charge >= 0.3 is 0 Å². The van der Waals surface area contributed by atoms with Gasteiger partial charge in [-0.05, 0) is 49.2 Å². The van der Waals surface area contributed by atoms with E-state index in [-0.39, 0.29) is 23.1 Å². The van der Waals surface area contributed by atoms with Gasteiger partial charge in [0.25, 0.3) is 9.05 Å². The maximum Gasteiger partial charge on any atom is 0.259 e. The first-order chi connectivity index (χ1) is 14.0. The summed E-state index contributed by atoms with van der Waals surface area (Å²) < 4.78 is 25.4. The van der Waals surface area contributed by atoms with Crippen molar-refractivity contribution in [3.05, 3.63) is 73.7 Å². The molecule has 30 heavy (non-hydrogen) atoms. The van der Waals surface area contributed by atoms with Crippen LogP contribution in [-0.2, 0) is 20.3 Å². The minimum Gasteiger partial charge on any atom is -0.273 e. The van der Waals surface area contributed by atoms with E-state index in [0.717, 1.165) is 10.0 Å². The van der Waals surface area contributed by atoms with Crippen LogP contribution in [0.2, 0.25) is 10.0 Å². The molecule has 4 rings (SSSR count). The molecular formula is C20H14BrCl3N2O3S. The number of hydrogen-bond acceptors (Lipinski definition) is 4. The van der Waals surface area contributed by atoms with Gasteiger partial charge in [0.15, 0.2) is 0 Å². The number of carbonyl (C=O) groups excluding carboxylic acids is 1. The van der Waals surface area contributed by atoms with Gasteiger partial charge in [-0.1, -0.05) is 51.3 Å². The van der Waals surface area contributed by atoms with E-state index in [1.807, 2.05) is 24.3 Å². The van der Waals surface area contributed by atoms with Gasteiger partial charge in [0.1, 0.15) is 5.84 Å². The number of rotatable bonds is 4. The van der Waals surface area contributed by atoms with Gasteiger partial charge in [0.2, 0.25) is 5.91 Å². The first kappa shape index (κ1) is 21.8. The largest absolute Gasteiger partial charge is 0.273 e. The zero-order valence-corrected chi connectivity index (χ0v) is 20.1. The number of benzene rings is 2. The van der Waals surface area contributed by atoms with Crippen LogP contribution in [-0.4, -0.2) is 20.2 Å². The van der Waals surface area contributed by atoms with Crippen molar-refractivity contribution >= 4 is 76.3 Å². The zero-order valence-electron chi connectivity index (χ0n) is 15.4. The highest BCUT2D eigenvalue weighted by Gasteiger charge is 2.59. The highest BCUT2D eigenvalue weighted by atomic mass is 79.9. The third-order valence-corrected chi connectivity index (χ3v) is 7.70. The lowest BCUT2D eigenvalue weighted by Crippen LogP contribution is -2.37. The van der Waals surface area contributed by atoms with E-state index < -0.39 is 20.4 Å².